The maximum atomic E-state index is 3.53. The van der Waals surface area contributed by atoms with Gasteiger partial charge >= 0.3 is 0 Å². The predicted octanol–water partition coefficient (Wildman–Crippen LogP) is 7.23. The van der Waals surface area contributed by atoms with Gasteiger partial charge in [0.15, 0.2) is 0 Å². The number of benzene rings is 1. The molecule has 0 radical (unpaired) electrons. The van der Waals surface area contributed by atoms with Crippen molar-refractivity contribution in [1.29, 1.82) is 0 Å². The Balaban J connectivity index is 2.02. The van der Waals surface area contributed by atoms with Crippen molar-refractivity contribution in [3.05, 3.63) is 24.3 Å². The molecule has 0 saturated heterocycles. The largest absolute Gasteiger partial charge is 0.385 e. The van der Waals surface area contributed by atoms with Gasteiger partial charge in [-0.15, -0.1) is 0 Å². The zero-order chi connectivity index (χ0) is 17.3. The monoisotopic (exact) mass is 332 g/mol. The number of rotatable bonds is 16. The Bertz CT molecular complexity index is 335. The molecule has 1 aromatic rings. The van der Waals surface area contributed by atoms with E-state index in [1.54, 1.807) is 0 Å². The Morgan fingerprint density at radius 2 is 0.833 bits per heavy atom. The molecule has 0 spiro atoms. The summed E-state index contributed by atoms with van der Waals surface area (Å²) in [4.78, 5) is 0. The summed E-state index contributed by atoms with van der Waals surface area (Å²) in [6.07, 6.45) is 16.3. The minimum Gasteiger partial charge on any atom is -0.385 e. The van der Waals surface area contributed by atoms with Crippen LogP contribution in [0.4, 0.5) is 11.4 Å². The standard InChI is InChI=1S/C22H40N2/c1-3-5-7-9-11-13-19-23-21-15-17-22(18-16-21)24-20-14-12-10-8-6-4-2/h15-18,23-24H,3-14,19-20H2,1-2H3. The van der Waals surface area contributed by atoms with Crippen LogP contribution in [0, 0.1) is 0 Å². The van der Waals surface area contributed by atoms with Gasteiger partial charge in [-0.1, -0.05) is 78.1 Å². The second-order valence-corrected chi connectivity index (χ2v) is 6.97. The van der Waals surface area contributed by atoms with Gasteiger partial charge in [0, 0.05) is 24.5 Å². The van der Waals surface area contributed by atoms with E-state index in [1.165, 1.54) is 88.4 Å². The van der Waals surface area contributed by atoms with Crippen LogP contribution in [0.2, 0.25) is 0 Å². The van der Waals surface area contributed by atoms with Crippen molar-refractivity contribution in [2.75, 3.05) is 23.7 Å². The Morgan fingerprint density at radius 3 is 1.21 bits per heavy atom. The van der Waals surface area contributed by atoms with Gasteiger partial charge in [-0.3, -0.25) is 0 Å². The highest BCUT2D eigenvalue weighted by molar-refractivity contribution is 5.53. The molecule has 24 heavy (non-hydrogen) atoms. The van der Waals surface area contributed by atoms with Crippen LogP contribution in [-0.4, -0.2) is 13.1 Å². The quantitative estimate of drug-likeness (QED) is 0.312. The molecular weight excluding hydrogens is 292 g/mol. The predicted molar refractivity (Wildman–Crippen MR) is 110 cm³/mol. The minimum absolute atomic E-state index is 1.09. The molecule has 1 rings (SSSR count). The molecule has 0 saturated carbocycles. The van der Waals surface area contributed by atoms with E-state index in [2.05, 4.69) is 48.7 Å². The molecule has 0 fully saturated rings. The molecule has 0 aromatic heterocycles. The number of hydrogen-bond donors (Lipinski definition) is 2. The van der Waals surface area contributed by atoms with Crippen molar-refractivity contribution in [1.82, 2.24) is 0 Å². The Kier molecular flexibility index (Phi) is 13.3. The normalized spacial score (nSPS) is 10.8. The van der Waals surface area contributed by atoms with E-state index < -0.39 is 0 Å². The number of hydrogen-bond acceptors (Lipinski definition) is 2. The molecule has 2 heteroatoms. The molecular formula is C22H40N2. The average molecular weight is 333 g/mol. The topological polar surface area (TPSA) is 24.1 Å². The van der Waals surface area contributed by atoms with Gasteiger partial charge in [-0.05, 0) is 37.1 Å². The molecule has 0 bridgehead atoms. The first-order valence-electron chi connectivity index (χ1n) is 10.4. The summed E-state index contributed by atoms with van der Waals surface area (Å²) in [6.45, 7) is 6.73. The van der Waals surface area contributed by atoms with Gasteiger partial charge in [-0.2, -0.15) is 0 Å². The Morgan fingerprint density at radius 1 is 0.500 bits per heavy atom. The fourth-order valence-electron chi connectivity index (χ4n) is 2.98. The van der Waals surface area contributed by atoms with Crippen LogP contribution >= 0.6 is 0 Å². The zero-order valence-electron chi connectivity index (χ0n) is 16.2. The molecule has 0 unspecified atom stereocenters. The lowest BCUT2D eigenvalue weighted by Crippen LogP contribution is -2.03. The lowest BCUT2D eigenvalue weighted by Gasteiger charge is -2.09. The van der Waals surface area contributed by atoms with Crippen LogP contribution < -0.4 is 10.6 Å². The average Bonchev–Trinajstić information content (AvgIpc) is 2.61. The highest BCUT2D eigenvalue weighted by Crippen LogP contribution is 2.14. The summed E-state index contributed by atoms with van der Waals surface area (Å²) in [5.41, 5.74) is 2.49. The Labute approximate surface area is 150 Å². The first kappa shape index (κ1) is 20.9. The molecule has 0 aliphatic rings. The maximum Gasteiger partial charge on any atom is 0.0341 e. The van der Waals surface area contributed by atoms with E-state index in [9.17, 15) is 0 Å². The van der Waals surface area contributed by atoms with Gasteiger partial charge in [0.25, 0.3) is 0 Å². The molecule has 138 valence electrons. The van der Waals surface area contributed by atoms with Crippen LogP contribution in [0.3, 0.4) is 0 Å². The van der Waals surface area contributed by atoms with E-state index in [0.29, 0.717) is 0 Å². The van der Waals surface area contributed by atoms with Crippen LogP contribution in [0.25, 0.3) is 0 Å². The van der Waals surface area contributed by atoms with E-state index in [-0.39, 0.29) is 0 Å². The highest BCUT2D eigenvalue weighted by Gasteiger charge is 1.95. The molecule has 1 aromatic carbocycles. The zero-order valence-corrected chi connectivity index (χ0v) is 16.2. The number of unbranched alkanes of at least 4 members (excludes halogenated alkanes) is 10. The van der Waals surface area contributed by atoms with E-state index in [0.717, 1.165) is 13.1 Å². The molecule has 2 N–H and O–H groups in total. The van der Waals surface area contributed by atoms with Crippen molar-refractivity contribution >= 4 is 11.4 Å². The lowest BCUT2D eigenvalue weighted by molar-refractivity contribution is 0.617. The van der Waals surface area contributed by atoms with Crippen LogP contribution in [0.15, 0.2) is 24.3 Å². The van der Waals surface area contributed by atoms with E-state index >= 15 is 0 Å². The van der Waals surface area contributed by atoms with Crippen LogP contribution in [0.5, 0.6) is 0 Å². The first-order valence-corrected chi connectivity index (χ1v) is 10.4. The minimum atomic E-state index is 1.09. The molecule has 2 nitrogen and oxygen atoms in total. The molecule has 0 heterocycles. The fraction of sp³-hybridized carbons (Fsp3) is 0.727. The van der Waals surface area contributed by atoms with E-state index in [4.69, 9.17) is 0 Å². The fourth-order valence-corrected chi connectivity index (χ4v) is 2.98. The van der Waals surface area contributed by atoms with Crippen LogP contribution in [0.1, 0.15) is 90.9 Å². The van der Waals surface area contributed by atoms with Crippen molar-refractivity contribution in [2.24, 2.45) is 0 Å². The van der Waals surface area contributed by atoms with Crippen molar-refractivity contribution in [3.8, 4) is 0 Å². The van der Waals surface area contributed by atoms with Crippen molar-refractivity contribution in [2.45, 2.75) is 90.9 Å². The number of nitrogens with one attached hydrogen (secondary N) is 2. The molecule has 0 amide bonds. The van der Waals surface area contributed by atoms with Crippen molar-refractivity contribution < 1.29 is 0 Å². The molecule has 0 aliphatic heterocycles. The lowest BCUT2D eigenvalue weighted by atomic mass is 10.1. The summed E-state index contributed by atoms with van der Waals surface area (Å²) in [5.74, 6) is 0. The summed E-state index contributed by atoms with van der Waals surface area (Å²) in [6, 6.07) is 8.78. The van der Waals surface area contributed by atoms with Gasteiger partial charge in [0.05, 0.1) is 0 Å². The molecule has 0 atom stereocenters. The van der Waals surface area contributed by atoms with Gasteiger partial charge in [-0.25, -0.2) is 0 Å². The first-order chi connectivity index (χ1) is 11.9. The summed E-state index contributed by atoms with van der Waals surface area (Å²) < 4.78 is 0. The number of anilines is 2. The summed E-state index contributed by atoms with van der Waals surface area (Å²) >= 11 is 0. The van der Waals surface area contributed by atoms with Gasteiger partial charge in [0.1, 0.15) is 0 Å². The summed E-state index contributed by atoms with van der Waals surface area (Å²) in [5, 5.41) is 7.06. The molecule has 0 aliphatic carbocycles. The van der Waals surface area contributed by atoms with Crippen LogP contribution in [-0.2, 0) is 0 Å². The third-order valence-corrected chi connectivity index (χ3v) is 4.60. The highest BCUT2D eigenvalue weighted by atomic mass is 14.9. The SMILES string of the molecule is CCCCCCCCNc1ccc(NCCCCCCCC)cc1. The van der Waals surface area contributed by atoms with Gasteiger partial charge < -0.3 is 10.6 Å². The summed E-state index contributed by atoms with van der Waals surface area (Å²) in [7, 11) is 0. The smallest absolute Gasteiger partial charge is 0.0341 e. The maximum absolute atomic E-state index is 3.53. The third kappa shape index (κ3) is 11.4. The second-order valence-electron chi connectivity index (χ2n) is 6.97. The third-order valence-electron chi connectivity index (χ3n) is 4.60. The van der Waals surface area contributed by atoms with E-state index in [1.807, 2.05) is 0 Å². The van der Waals surface area contributed by atoms with Gasteiger partial charge in [0.2, 0.25) is 0 Å². The second kappa shape index (κ2) is 15.4. The Hall–Kier alpha value is -1.18. The van der Waals surface area contributed by atoms with Crippen molar-refractivity contribution in [3.63, 3.8) is 0 Å².